The maximum absolute atomic E-state index is 13.3. The summed E-state index contributed by atoms with van der Waals surface area (Å²) >= 11 is 1.74. The van der Waals surface area contributed by atoms with E-state index in [1.54, 1.807) is 23.5 Å². The Bertz CT molecular complexity index is 683. The van der Waals surface area contributed by atoms with Crippen LogP contribution in [-0.2, 0) is 11.2 Å². The molecule has 3 rings (SSSR count). The molecule has 1 aliphatic rings. The largest absolute Gasteiger partial charge is 0.330 e. The zero-order chi connectivity index (χ0) is 16.9. The number of carbonyl (C=O) groups is 1. The minimum atomic E-state index is -0.251. The summed E-state index contributed by atoms with van der Waals surface area (Å²) in [5.74, 6) is -0.142. The molecule has 1 atom stereocenters. The van der Waals surface area contributed by atoms with Gasteiger partial charge in [-0.15, -0.1) is 11.3 Å². The van der Waals surface area contributed by atoms with Gasteiger partial charge in [0.25, 0.3) is 0 Å². The quantitative estimate of drug-likeness (QED) is 0.808. The number of halogens is 1. The van der Waals surface area contributed by atoms with Crippen molar-refractivity contribution < 1.29 is 9.18 Å². The Hall–Kier alpha value is -1.72. The number of thiophene rings is 1. The van der Waals surface area contributed by atoms with Gasteiger partial charge >= 0.3 is 0 Å². The van der Waals surface area contributed by atoms with Crippen LogP contribution in [0.2, 0.25) is 0 Å². The fourth-order valence-electron chi connectivity index (χ4n) is 3.19. The van der Waals surface area contributed by atoms with E-state index in [9.17, 15) is 9.18 Å². The van der Waals surface area contributed by atoms with Crippen LogP contribution in [0.3, 0.4) is 0 Å². The molecule has 1 N–H and O–H groups in total. The maximum atomic E-state index is 13.3. The third-order valence-electron chi connectivity index (χ3n) is 4.46. The third-order valence-corrected chi connectivity index (χ3v) is 5.45. The Morgan fingerprint density at radius 1 is 1.33 bits per heavy atom. The second-order valence-electron chi connectivity index (χ2n) is 6.12. The van der Waals surface area contributed by atoms with E-state index in [4.69, 9.17) is 0 Å². The smallest absolute Gasteiger partial charge is 0.237 e. The zero-order valence-corrected chi connectivity index (χ0v) is 14.7. The summed E-state index contributed by atoms with van der Waals surface area (Å²) in [4.78, 5) is 16.0. The van der Waals surface area contributed by atoms with Gasteiger partial charge in [-0.05, 0) is 54.1 Å². The van der Waals surface area contributed by atoms with Gasteiger partial charge in [0.2, 0.25) is 5.91 Å². The van der Waals surface area contributed by atoms with Gasteiger partial charge in [-0.2, -0.15) is 0 Å². The second kappa shape index (κ2) is 7.90. The first kappa shape index (κ1) is 17.1. The minimum absolute atomic E-state index is 0.109. The van der Waals surface area contributed by atoms with E-state index in [0.29, 0.717) is 13.1 Å². The lowest BCUT2D eigenvalue weighted by atomic mass is 9.93. The molecule has 0 aliphatic carbocycles. The lowest BCUT2D eigenvalue weighted by Gasteiger charge is -2.36. The highest BCUT2D eigenvalue weighted by Gasteiger charge is 2.32. The van der Waals surface area contributed by atoms with E-state index in [1.165, 1.54) is 22.6 Å². The molecule has 0 saturated heterocycles. The Kier molecular flexibility index (Phi) is 5.63. The number of nitrogens with one attached hydrogen (secondary N) is 1. The first-order chi connectivity index (χ1) is 11.7. The van der Waals surface area contributed by atoms with Gasteiger partial charge in [0, 0.05) is 11.4 Å². The van der Waals surface area contributed by atoms with Gasteiger partial charge < -0.3 is 10.2 Å². The number of hydrogen-bond acceptors (Lipinski definition) is 3. The van der Waals surface area contributed by atoms with Crippen LogP contribution in [0.1, 0.15) is 41.8 Å². The predicted octanol–water partition coefficient (Wildman–Crippen LogP) is 3.75. The fourth-order valence-corrected chi connectivity index (χ4v) is 4.09. The first-order valence-corrected chi connectivity index (χ1v) is 9.40. The number of carbonyl (C=O) groups excluding carboxylic acids is 1. The van der Waals surface area contributed by atoms with E-state index >= 15 is 0 Å². The number of unbranched alkanes of at least 4 members (excludes halogenated alkanes) is 1. The van der Waals surface area contributed by atoms with Crippen molar-refractivity contribution in [1.29, 1.82) is 0 Å². The highest BCUT2D eigenvalue weighted by Crippen LogP contribution is 2.37. The summed E-state index contributed by atoms with van der Waals surface area (Å²) in [5.41, 5.74) is 2.15. The van der Waals surface area contributed by atoms with Gasteiger partial charge in [0.15, 0.2) is 0 Å². The van der Waals surface area contributed by atoms with Crippen molar-refractivity contribution in [1.82, 2.24) is 10.2 Å². The van der Waals surface area contributed by atoms with E-state index in [0.717, 1.165) is 31.4 Å². The molecule has 1 aromatic heterocycles. The summed E-state index contributed by atoms with van der Waals surface area (Å²) < 4.78 is 13.3. The number of amides is 1. The summed E-state index contributed by atoms with van der Waals surface area (Å²) in [6, 6.07) is 8.50. The van der Waals surface area contributed by atoms with Crippen molar-refractivity contribution >= 4 is 17.2 Å². The van der Waals surface area contributed by atoms with Crippen LogP contribution < -0.4 is 5.32 Å². The van der Waals surface area contributed by atoms with E-state index in [-0.39, 0.29) is 17.8 Å². The topological polar surface area (TPSA) is 32.3 Å². The molecule has 5 heteroatoms. The average molecular weight is 346 g/mol. The van der Waals surface area contributed by atoms with Gasteiger partial charge in [-0.3, -0.25) is 4.79 Å². The fraction of sp³-hybridized carbons (Fsp3) is 0.421. The normalized spacial score (nSPS) is 16.9. The molecule has 24 heavy (non-hydrogen) atoms. The summed E-state index contributed by atoms with van der Waals surface area (Å²) in [5, 5.41) is 5.31. The van der Waals surface area contributed by atoms with Crippen LogP contribution in [0.25, 0.3) is 0 Å². The number of nitrogens with zero attached hydrogens (tertiary/aromatic N) is 1. The summed E-state index contributed by atoms with van der Waals surface area (Å²) in [6.45, 7) is 4.07. The van der Waals surface area contributed by atoms with Gasteiger partial charge in [0.1, 0.15) is 5.82 Å². The van der Waals surface area contributed by atoms with E-state index in [2.05, 4.69) is 23.7 Å². The van der Waals surface area contributed by atoms with Crippen LogP contribution in [-0.4, -0.2) is 30.4 Å². The second-order valence-corrected chi connectivity index (χ2v) is 7.12. The molecule has 0 bridgehead atoms. The van der Waals surface area contributed by atoms with Crippen LogP contribution in [0, 0.1) is 5.82 Å². The maximum Gasteiger partial charge on any atom is 0.237 e. The van der Waals surface area contributed by atoms with Crippen molar-refractivity contribution in [3.63, 3.8) is 0 Å². The van der Waals surface area contributed by atoms with E-state index < -0.39 is 0 Å². The molecule has 1 aliphatic heterocycles. The summed E-state index contributed by atoms with van der Waals surface area (Å²) in [6.07, 6.45) is 3.08. The highest BCUT2D eigenvalue weighted by molar-refractivity contribution is 7.10. The number of fused-ring (bicyclic) bond motifs is 1. The molecule has 0 fully saturated rings. The van der Waals surface area contributed by atoms with Crippen LogP contribution in [0.5, 0.6) is 0 Å². The average Bonchev–Trinajstić information content (AvgIpc) is 3.07. The molecule has 3 nitrogen and oxygen atoms in total. The van der Waals surface area contributed by atoms with Crippen molar-refractivity contribution in [3.05, 3.63) is 57.5 Å². The molecule has 0 unspecified atom stereocenters. The molecule has 1 amide bonds. The molecule has 2 heterocycles. The Balaban J connectivity index is 1.82. The van der Waals surface area contributed by atoms with Crippen LogP contribution in [0.4, 0.5) is 4.39 Å². The monoisotopic (exact) mass is 346 g/mol. The van der Waals surface area contributed by atoms with Gasteiger partial charge in [-0.1, -0.05) is 25.5 Å². The van der Waals surface area contributed by atoms with Crippen LogP contribution in [0.15, 0.2) is 35.7 Å². The number of hydrogen-bond donors (Lipinski definition) is 1. The van der Waals surface area contributed by atoms with Gasteiger partial charge in [0.05, 0.1) is 12.6 Å². The molecular weight excluding hydrogens is 323 g/mol. The Morgan fingerprint density at radius 2 is 2.12 bits per heavy atom. The van der Waals surface area contributed by atoms with Crippen molar-refractivity contribution in [2.24, 2.45) is 0 Å². The Morgan fingerprint density at radius 3 is 2.88 bits per heavy atom. The van der Waals surface area contributed by atoms with Crippen LogP contribution >= 0.6 is 11.3 Å². The highest BCUT2D eigenvalue weighted by atomic mass is 32.1. The minimum Gasteiger partial charge on any atom is -0.330 e. The predicted molar refractivity (Wildman–Crippen MR) is 95.8 cm³/mol. The van der Waals surface area contributed by atoms with Crippen molar-refractivity contribution in [2.45, 2.75) is 32.2 Å². The van der Waals surface area contributed by atoms with Gasteiger partial charge in [-0.25, -0.2) is 4.39 Å². The zero-order valence-electron chi connectivity index (χ0n) is 13.9. The molecule has 0 spiro atoms. The Labute approximate surface area is 146 Å². The lowest BCUT2D eigenvalue weighted by molar-refractivity contribution is -0.132. The molecule has 0 saturated carbocycles. The molecular formula is C19H23FN2OS. The number of rotatable bonds is 6. The summed E-state index contributed by atoms with van der Waals surface area (Å²) in [7, 11) is 0. The van der Waals surface area contributed by atoms with Crippen molar-refractivity contribution in [2.75, 3.05) is 19.6 Å². The molecule has 2 aromatic rings. The lowest BCUT2D eigenvalue weighted by Crippen LogP contribution is -2.44. The van der Waals surface area contributed by atoms with E-state index in [1.807, 2.05) is 4.90 Å². The first-order valence-electron chi connectivity index (χ1n) is 8.52. The van der Waals surface area contributed by atoms with Crippen molar-refractivity contribution in [3.8, 4) is 0 Å². The third kappa shape index (κ3) is 3.68. The standard InChI is InChI=1S/C19H23FN2OS/c1-2-3-10-21-13-18(23)22-11-8-17-16(9-12-24-17)19(22)14-4-6-15(20)7-5-14/h4-7,9,12,19,21H,2-3,8,10-11,13H2,1H3/t19-/m1/s1. The molecule has 0 radical (unpaired) electrons. The molecule has 1 aromatic carbocycles. The molecule has 128 valence electrons. The SMILES string of the molecule is CCCCNCC(=O)N1CCc2sccc2[C@H]1c1ccc(F)cc1. The number of benzene rings is 1.